The summed E-state index contributed by atoms with van der Waals surface area (Å²) in [7, 11) is 0. The zero-order chi connectivity index (χ0) is 19.5. The zero-order valence-electron chi connectivity index (χ0n) is 15.5. The van der Waals surface area contributed by atoms with Gasteiger partial charge in [0.05, 0.1) is 25.8 Å². The lowest BCUT2D eigenvalue weighted by Crippen LogP contribution is -2.25. The van der Waals surface area contributed by atoms with E-state index in [1.165, 1.54) is 0 Å². The van der Waals surface area contributed by atoms with Crippen LogP contribution in [0.4, 0.5) is 11.8 Å². The van der Waals surface area contributed by atoms with Gasteiger partial charge in [0.2, 0.25) is 5.95 Å². The number of anilines is 2. The number of nitrogen functional groups attached to an aromatic ring is 1. The van der Waals surface area contributed by atoms with Crippen LogP contribution >= 0.6 is 0 Å². The van der Waals surface area contributed by atoms with E-state index in [-0.39, 0.29) is 24.5 Å². The fourth-order valence-corrected chi connectivity index (χ4v) is 3.39. The maximum Gasteiger partial charge on any atom is 0.296 e. The smallest absolute Gasteiger partial charge is 0.296 e. The summed E-state index contributed by atoms with van der Waals surface area (Å²) in [5, 5.41) is 23.2. The average Bonchev–Trinajstić information content (AvgIpc) is 2.99. The molecule has 3 aromatic rings. The number of rotatable bonds is 1. The summed E-state index contributed by atoms with van der Waals surface area (Å²) < 4.78 is 7.43. The van der Waals surface area contributed by atoms with Gasteiger partial charge in [-0.3, -0.25) is 4.57 Å². The molecular formula is C19H24N6O3. The highest BCUT2D eigenvalue weighted by Gasteiger charge is 2.18. The molecule has 5 N–H and O–H groups in total. The topological polar surface area (TPSA) is 131 Å². The average molecular weight is 384 g/mol. The van der Waals surface area contributed by atoms with Crippen LogP contribution in [0.5, 0.6) is 11.8 Å². The van der Waals surface area contributed by atoms with Gasteiger partial charge in [-0.25, -0.2) is 0 Å². The Labute approximate surface area is 162 Å². The molecule has 0 saturated carbocycles. The van der Waals surface area contributed by atoms with E-state index in [1.807, 2.05) is 24.3 Å². The predicted molar refractivity (Wildman–Crippen MR) is 105 cm³/mol. The van der Waals surface area contributed by atoms with Crippen molar-refractivity contribution in [2.24, 2.45) is 0 Å². The number of nitrogens with one attached hydrogen (secondary N) is 1. The number of aromatic nitrogens is 4. The third-order valence-corrected chi connectivity index (χ3v) is 4.86. The molecule has 9 nitrogen and oxygen atoms in total. The summed E-state index contributed by atoms with van der Waals surface area (Å²) in [5.41, 5.74) is 7.77. The molecule has 0 fully saturated rings. The molecule has 0 radical (unpaired) electrons. The maximum atomic E-state index is 10.3. The highest BCUT2D eigenvalue weighted by molar-refractivity contribution is 5.84. The summed E-state index contributed by atoms with van der Waals surface area (Å²) in [6, 6.07) is 7.38. The first-order valence-corrected chi connectivity index (χ1v) is 9.46. The second-order valence-electron chi connectivity index (χ2n) is 6.97. The molecule has 0 aliphatic carbocycles. The van der Waals surface area contributed by atoms with Crippen LogP contribution in [0.1, 0.15) is 31.2 Å². The SMILES string of the molecule is Nc1nc2nc3c1nc(O)n3Cc1cccc(c1)OCCCCCC(CO)N2. The quantitative estimate of drug-likeness (QED) is 0.500. The molecule has 1 aliphatic heterocycles. The summed E-state index contributed by atoms with van der Waals surface area (Å²) in [4.78, 5) is 12.9. The molecule has 4 bridgehead atoms. The van der Waals surface area contributed by atoms with Crippen molar-refractivity contribution < 1.29 is 14.9 Å². The van der Waals surface area contributed by atoms with Crippen LogP contribution in [0, 0.1) is 0 Å². The third-order valence-electron chi connectivity index (χ3n) is 4.86. The molecule has 4 rings (SSSR count). The molecule has 1 unspecified atom stereocenters. The van der Waals surface area contributed by atoms with Crippen molar-refractivity contribution in [1.82, 2.24) is 19.5 Å². The molecule has 1 aliphatic rings. The van der Waals surface area contributed by atoms with E-state index in [1.54, 1.807) is 4.57 Å². The van der Waals surface area contributed by atoms with Gasteiger partial charge in [-0.15, -0.1) is 0 Å². The Hall–Kier alpha value is -3.07. The number of benzene rings is 1. The zero-order valence-corrected chi connectivity index (χ0v) is 15.5. The lowest BCUT2D eigenvalue weighted by atomic mass is 10.1. The van der Waals surface area contributed by atoms with E-state index >= 15 is 0 Å². The fourth-order valence-electron chi connectivity index (χ4n) is 3.39. The summed E-state index contributed by atoms with van der Waals surface area (Å²) in [6.07, 6.45) is 3.65. The Bertz CT molecular complexity index is 974. The number of imidazole rings is 1. The van der Waals surface area contributed by atoms with E-state index in [0.717, 1.165) is 37.0 Å². The van der Waals surface area contributed by atoms with Crippen LogP contribution in [-0.2, 0) is 6.54 Å². The Morgan fingerprint density at radius 1 is 1.21 bits per heavy atom. The van der Waals surface area contributed by atoms with Gasteiger partial charge in [0.25, 0.3) is 6.01 Å². The first-order valence-electron chi connectivity index (χ1n) is 9.46. The van der Waals surface area contributed by atoms with Crippen molar-refractivity contribution in [2.45, 2.75) is 38.3 Å². The molecule has 0 saturated heterocycles. The summed E-state index contributed by atoms with van der Waals surface area (Å²) in [6.45, 7) is 0.964. The molecule has 9 heteroatoms. The normalized spacial score (nSPS) is 18.0. The van der Waals surface area contributed by atoms with Gasteiger partial charge in [0, 0.05) is 0 Å². The molecule has 148 valence electrons. The maximum absolute atomic E-state index is 10.3. The minimum absolute atomic E-state index is 0.0348. The number of hydrogen-bond acceptors (Lipinski definition) is 8. The summed E-state index contributed by atoms with van der Waals surface area (Å²) in [5.74, 6) is 1.28. The van der Waals surface area contributed by atoms with Gasteiger partial charge in [-0.2, -0.15) is 15.0 Å². The standard InChI is InChI=1S/C19H24N6O3/c20-16-15-17-24-18(23-16)21-13(11-26)6-2-1-3-8-28-14-7-4-5-12(9-14)10-25(17)19(27)22-15/h4-5,7,9,13,26H,1-3,6,8,10-11H2,(H,22,27)(H3,20,21,23,24). The fraction of sp³-hybridized carbons (Fsp3) is 0.421. The second kappa shape index (κ2) is 7.89. The molecule has 0 spiro atoms. The van der Waals surface area contributed by atoms with E-state index < -0.39 is 0 Å². The van der Waals surface area contributed by atoms with Gasteiger partial charge in [0.1, 0.15) is 5.75 Å². The van der Waals surface area contributed by atoms with E-state index in [2.05, 4.69) is 20.3 Å². The van der Waals surface area contributed by atoms with Crippen molar-refractivity contribution >= 4 is 22.9 Å². The molecular weight excluding hydrogens is 360 g/mol. The van der Waals surface area contributed by atoms with Crippen molar-refractivity contribution in [1.29, 1.82) is 0 Å². The Balaban J connectivity index is 1.77. The first-order chi connectivity index (χ1) is 13.6. The Morgan fingerprint density at radius 3 is 2.96 bits per heavy atom. The highest BCUT2D eigenvalue weighted by atomic mass is 16.5. The van der Waals surface area contributed by atoms with Crippen LogP contribution in [-0.4, -0.2) is 49.0 Å². The largest absolute Gasteiger partial charge is 0.494 e. The molecule has 0 amide bonds. The van der Waals surface area contributed by atoms with Crippen LogP contribution in [0.15, 0.2) is 24.3 Å². The first kappa shape index (κ1) is 18.3. The number of aromatic hydroxyl groups is 1. The van der Waals surface area contributed by atoms with Crippen LogP contribution in [0.2, 0.25) is 0 Å². The van der Waals surface area contributed by atoms with Gasteiger partial charge in [0.15, 0.2) is 17.0 Å². The third kappa shape index (κ3) is 3.79. The van der Waals surface area contributed by atoms with Crippen LogP contribution in [0.3, 0.4) is 0 Å². The molecule has 2 aromatic heterocycles. The van der Waals surface area contributed by atoms with E-state index in [9.17, 15) is 10.2 Å². The van der Waals surface area contributed by atoms with Crippen LogP contribution < -0.4 is 15.8 Å². The number of nitrogens with two attached hydrogens (primary N) is 1. The van der Waals surface area contributed by atoms with Gasteiger partial charge < -0.3 is 26.0 Å². The van der Waals surface area contributed by atoms with Gasteiger partial charge in [-0.05, 0) is 37.0 Å². The number of aliphatic hydroxyl groups excluding tert-OH is 1. The molecule has 3 heterocycles. The van der Waals surface area contributed by atoms with E-state index in [4.69, 9.17) is 10.5 Å². The Morgan fingerprint density at radius 2 is 2.11 bits per heavy atom. The lowest BCUT2D eigenvalue weighted by molar-refractivity contribution is 0.263. The van der Waals surface area contributed by atoms with Crippen LogP contribution in [0.25, 0.3) is 11.2 Å². The highest BCUT2D eigenvalue weighted by Crippen LogP contribution is 2.26. The number of fused-ring (bicyclic) bond motifs is 3. The van der Waals surface area contributed by atoms with Crippen molar-refractivity contribution in [3.8, 4) is 11.8 Å². The number of nitrogens with zero attached hydrogens (tertiary/aromatic N) is 4. The molecule has 28 heavy (non-hydrogen) atoms. The van der Waals surface area contributed by atoms with Gasteiger partial charge >= 0.3 is 0 Å². The summed E-state index contributed by atoms with van der Waals surface area (Å²) >= 11 is 0. The molecule has 1 aromatic carbocycles. The number of aliphatic hydroxyl groups is 1. The minimum atomic E-state index is -0.181. The number of hydrogen-bond donors (Lipinski definition) is 4. The monoisotopic (exact) mass is 384 g/mol. The minimum Gasteiger partial charge on any atom is -0.494 e. The number of ether oxygens (including phenoxy) is 1. The van der Waals surface area contributed by atoms with Gasteiger partial charge in [-0.1, -0.05) is 18.6 Å². The van der Waals surface area contributed by atoms with Crippen molar-refractivity contribution in [3.63, 3.8) is 0 Å². The Kier molecular flexibility index (Phi) is 5.16. The molecule has 1 atom stereocenters. The lowest BCUT2D eigenvalue weighted by Gasteiger charge is -2.17. The van der Waals surface area contributed by atoms with E-state index in [0.29, 0.717) is 30.3 Å². The second-order valence-corrected chi connectivity index (χ2v) is 6.97. The van der Waals surface area contributed by atoms with Crippen molar-refractivity contribution in [2.75, 3.05) is 24.3 Å². The van der Waals surface area contributed by atoms with Crippen molar-refractivity contribution in [3.05, 3.63) is 29.8 Å². The predicted octanol–water partition coefficient (Wildman–Crippen LogP) is 1.89.